The van der Waals surface area contributed by atoms with Crippen molar-refractivity contribution in [1.29, 1.82) is 0 Å². The minimum Gasteiger partial charge on any atom is -0.464 e. The molecule has 7 nitrogen and oxygen atoms in total. The fraction of sp³-hybridized carbons (Fsp3) is 0.476. The fourth-order valence-corrected chi connectivity index (χ4v) is 4.21. The number of likely N-dealkylation sites (tertiary alicyclic amines) is 1. The van der Waals surface area contributed by atoms with E-state index in [0.717, 1.165) is 27.7 Å². The number of carbonyl (C=O) groups excluding carboxylic acids is 2. The second-order valence-corrected chi connectivity index (χ2v) is 8.09. The molecule has 2 aliphatic rings. The minimum atomic E-state index is -0.729. The molecule has 1 N–H and O–H groups in total. The molecule has 0 aliphatic carbocycles. The quantitative estimate of drug-likeness (QED) is 0.862. The molecule has 2 aromatic rings. The van der Waals surface area contributed by atoms with Crippen LogP contribution in [0, 0.1) is 13.8 Å². The first-order valence-electron chi connectivity index (χ1n) is 9.63. The molecule has 0 saturated carbocycles. The molecular weight excluding hydrogens is 356 g/mol. The Bertz CT molecular complexity index is 981. The summed E-state index contributed by atoms with van der Waals surface area (Å²) in [5, 5.41) is 3.88. The molecule has 0 unspecified atom stereocenters. The van der Waals surface area contributed by atoms with Crippen molar-refractivity contribution >= 4 is 28.7 Å². The molecule has 148 valence electrons. The van der Waals surface area contributed by atoms with Crippen LogP contribution in [0.5, 0.6) is 0 Å². The van der Waals surface area contributed by atoms with E-state index in [1.54, 1.807) is 11.2 Å². The first-order chi connectivity index (χ1) is 13.3. The van der Waals surface area contributed by atoms with E-state index < -0.39 is 5.54 Å². The van der Waals surface area contributed by atoms with Gasteiger partial charge in [-0.15, -0.1) is 0 Å². The van der Waals surface area contributed by atoms with E-state index in [1.165, 1.54) is 0 Å². The Kier molecular flexibility index (Phi) is 4.40. The van der Waals surface area contributed by atoms with Crippen molar-refractivity contribution in [2.75, 3.05) is 27.2 Å². The van der Waals surface area contributed by atoms with E-state index in [2.05, 4.69) is 16.4 Å². The van der Waals surface area contributed by atoms with Crippen molar-refractivity contribution < 1.29 is 14.0 Å². The highest BCUT2D eigenvalue weighted by molar-refractivity contribution is 6.07. The van der Waals surface area contributed by atoms with Gasteiger partial charge in [-0.1, -0.05) is 6.07 Å². The zero-order valence-electron chi connectivity index (χ0n) is 16.8. The minimum absolute atomic E-state index is 0.0601. The van der Waals surface area contributed by atoms with Gasteiger partial charge in [0.25, 0.3) is 5.91 Å². The summed E-state index contributed by atoms with van der Waals surface area (Å²) in [5.74, 6) is 0.600. The van der Waals surface area contributed by atoms with Crippen LogP contribution in [-0.4, -0.2) is 60.3 Å². The van der Waals surface area contributed by atoms with Crippen LogP contribution in [0.3, 0.4) is 0 Å². The average molecular weight is 382 g/mol. The maximum atomic E-state index is 12.9. The molecular formula is C21H26N4O3. The van der Waals surface area contributed by atoms with Crippen molar-refractivity contribution in [3.63, 3.8) is 0 Å². The SMILES string of the molecule is Cc1cc(C)c2c(CC(=O)N3CCC4(CC3)N=C(N(C)C)NC4=O)coc2c1. The van der Waals surface area contributed by atoms with E-state index in [9.17, 15) is 9.59 Å². The zero-order chi connectivity index (χ0) is 20.1. The van der Waals surface area contributed by atoms with Crippen LogP contribution in [0.1, 0.15) is 29.5 Å². The second kappa shape index (κ2) is 6.65. The van der Waals surface area contributed by atoms with Crippen LogP contribution in [0.2, 0.25) is 0 Å². The van der Waals surface area contributed by atoms with Gasteiger partial charge in [-0.05, 0) is 43.9 Å². The van der Waals surface area contributed by atoms with Gasteiger partial charge >= 0.3 is 0 Å². The number of benzene rings is 1. The standard InChI is InChI=1S/C21H26N4O3/c1-13-9-14(2)18-15(12-28-16(18)10-13)11-17(26)25-7-5-21(6-8-25)19(27)22-20(23-21)24(3)4/h9-10,12H,5-8,11H2,1-4H3,(H,22,23,27). The second-order valence-electron chi connectivity index (χ2n) is 8.09. The molecule has 1 saturated heterocycles. The highest BCUT2D eigenvalue weighted by Gasteiger charge is 2.46. The lowest BCUT2D eigenvalue weighted by Gasteiger charge is -2.35. The molecule has 28 heavy (non-hydrogen) atoms. The highest BCUT2D eigenvalue weighted by Crippen LogP contribution is 2.31. The lowest BCUT2D eigenvalue weighted by Crippen LogP contribution is -2.51. The number of aliphatic imine (C=N–C) groups is 1. The Balaban J connectivity index is 1.46. The van der Waals surface area contributed by atoms with Crippen LogP contribution in [0.25, 0.3) is 11.0 Å². The van der Waals surface area contributed by atoms with Gasteiger partial charge in [0.2, 0.25) is 11.9 Å². The number of furan rings is 1. The van der Waals surface area contributed by atoms with Crippen LogP contribution < -0.4 is 5.32 Å². The van der Waals surface area contributed by atoms with Gasteiger partial charge in [0.05, 0.1) is 12.7 Å². The third-order valence-corrected chi connectivity index (χ3v) is 5.77. The molecule has 1 spiro atoms. The summed E-state index contributed by atoms with van der Waals surface area (Å²) in [6.45, 7) is 5.14. The fourth-order valence-electron chi connectivity index (χ4n) is 4.21. The first-order valence-corrected chi connectivity index (χ1v) is 9.63. The highest BCUT2D eigenvalue weighted by atomic mass is 16.3. The molecule has 0 atom stereocenters. The van der Waals surface area contributed by atoms with Crippen molar-refractivity contribution in [3.05, 3.63) is 35.1 Å². The Labute approximate surface area is 164 Å². The number of piperidine rings is 1. The summed E-state index contributed by atoms with van der Waals surface area (Å²) < 4.78 is 5.68. The third-order valence-electron chi connectivity index (χ3n) is 5.77. The number of hydrogen-bond donors (Lipinski definition) is 1. The molecule has 7 heteroatoms. The summed E-state index contributed by atoms with van der Waals surface area (Å²) in [7, 11) is 3.71. The number of nitrogens with zero attached hydrogens (tertiary/aromatic N) is 3. The average Bonchev–Trinajstić information content (AvgIpc) is 3.17. The summed E-state index contributed by atoms with van der Waals surface area (Å²) in [6.07, 6.45) is 3.10. The smallest absolute Gasteiger partial charge is 0.254 e. The van der Waals surface area contributed by atoms with Gasteiger partial charge in [-0.2, -0.15) is 0 Å². The van der Waals surface area contributed by atoms with Gasteiger partial charge < -0.3 is 14.2 Å². The number of nitrogens with one attached hydrogen (secondary N) is 1. The predicted octanol–water partition coefficient (Wildman–Crippen LogP) is 2.00. The number of carbonyl (C=O) groups is 2. The monoisotopic (exact) mass is 382 g/mol. The zero-order valence-corrected chi connectivity index (χ0v) is 16.8. The number of guanidine groups is 1. The van der Waals surface area contributed by atoms with Crippen molar-refractivity contribution in [2.24, 2.45) is 4.99 Å². The van der Waals surface area contributed by atoms with Gasteiger partial charge in [-0.25, -0.2) is 4.99 Å². The number of aryl methyl sites for hydroxylation is 2. The van der Waals surface area contributed by atoms with Crippen molar-refractivity contribution in [3.8, 4) is 0 Å². The van der Waals surface area contributed by atoms with E-state index >= 15 is 0 Å². The molecule has 1 aromatic carbocycles. The lowest BCUT2D eigenvalue weighted by atomic mass is 9.88. The van der Waals surface area contributed by atoms with Crippen molar-refractivity contribution in [2.45, 2.75) is 38.6 Å². The summed E-state index contributed by atoms with van der Waals surface area (Å²) in [4.78, 5) is 33.6. The van der Waals surface area contributed by atoms with Gasteiger partial charge in [0.1, 0.15) is 11.1 Å². The largest absolute Gasteiger partial charge is 0.464 e. The molecule has 1 fully saturated rings. The number of fused-ring (bicyclic) bond motifs is 1. The maximum Gasteiger partial charge on any atom is 0.254 e. The number of rotatable bonds is 2. The Morgan fingerprint density at radius 1 is 1.29 bits per heavy atom. The maximum absolute atomic E-state index is 12.9. The van der Waals surface area contributed by atoms with Crippen LogP contribution in [0.15, 0.2) is 27.8 Å². The lowest BCUT2D eigenvalue weighted by molar-refractivity contribution is -0.135. The van der Waals surface area contributed by atoms with E-state index in [1.807, 2.05) is 38.9 Å². The third kappa shape index (κ3) is 3.04. The molecule has 0 bridgehead atoms. The van der Waals surface area contributed by atoms with Crippen LogP contribution >= 0.6 is 0 Å². The number of hydrogen-bond acceptors (Lipinski definition) is 5. The van der Waals surface area contributed by atoms with Gasteiger partial charge in [0, 0.05) is 38.1 Å². The Morgan fingerprint density at radius 3 is 2.64 bits per heavy atom. The van der Waals surface area contributed by atoms with E-state index in [-0.39, 0.29) is 11.8 Å². The van der Waals surface area contributed by atoms with Crippen LogP contribution in [-0.2, 0) is 16.0 Å². The molecule has 1 aromatic heterocycles. The topological polar surface area (TPSA) is 78.2 Å². The van der Waals surface area contributed by atoms with E-state index in [4.69, 9.17) is 4.42 Å². The van der Waals surface area contributed by atoms with Crippen LogP contribution in [0.4, 0.5) is 0 Å². The predicted molar refractivity (Wildman–Crippen MR) is 107 cm³/mol. The molecule has 3 heterocycles. The molecule has 0 radical (unpaired) electrons. The molecule has 4 rings (SSSR count). The van der Waals surface area contributed by atoms with Gasteiger partial charge in [0.15, 0.2) is 0 Å². The Hall–Kier alpha value is -2.83. The summed E-state index contributed by atoms with van der Waals surface area (Å²) in [6, 6.07) is 4.11. The molecule has 2 amide bonds. The van der Waals surface area contributed by atoms with Crippen molar-refractivity contribution in [1.82, 2.24) is 15.1 Å². The number of amides is 2. The van der Waals surface area contributed by atoms with Gasteiger partial charge in [-0.3, -0.25) is 14.9 Å². The Morgan fingerprint density at radius 2 is 2.00 bits per heavy atom. The summed E-state index contributed by atoms with van der Waals surface area (Å²) in [5.41, 5.74) is 3.28. The first kappa shape index (κ1) is 18.5. The molecule has 2 aliphatic heterocycles. The van der Waals surface area contributed by atoms with E-state index in [0.29, 0.717) is 38.3 Å². The normalized spacial score (nSPS) is 18.5. The summed E-state index contributed by atoms with van der Waals surface area (Å²) >= 11 is 0.